The van der Waals surface area contributed by atoms with E-state index in [1.165, 1.54) is 11.8 Å². The summed E-state index contributed by atoms with van der Waals surface area (Å²) in [6.07, 6.45) is 1.98. The summed E-state index contributed by atoms with van der Waals surface area (Å²) in [6, 6.07) is 21.3. The molecule has 2 unspecified atom stereocenters. The highest BCUT2D eigenvalue weighted by atomic mass is 35.5. The van der Waals surface area contributed by atoms with Gasteiger partial charge in [-0.1, -0.05) is 65.2 Å². The number of benzene rings is 3. The molecule has 46 heavy (non-hydrogen) atoms. The normalized spacial score (nSPS) is 20.2. The largest absolute Gasteiger partial charge is 0.361 e. The van der Waals surface area contributed by atoms with Crippen molar-refractivity contribution in [1.29, 1.82) is 0 Å². The van der Waals surface area contributed by atoms with E-state index in [0.29, 0.717) is 37.7 Å². The number of aromatic nitrogens is 1. The minimum atomic E-state index is -1.16. The van der Waals surface area contributed by atoms with E-state index in [9.17, 15) is 9.59 Å². The van der Waals surface area contributed by atoms with Crippen molar-refractivity contribution in [3.05, 3.63) is 100 Å². The molecule has 2 saturated heterocycles. The van der Waals surface area contributed by atoms with Gasteiger partial charge in [0, 0.05) is 71.3 Å². The average molecular weight is 658 g/mol. The van der Waals surface area contributed by atoms with Crippen LogP contribution in [0.5, 0.6) is 0 Å². The fourth-order valence-electron chi connectivity index (χ4n) is 6.52. The molecule has 2 atom stereocenters. The molecule has 2 N–H and O–H groups in total. The molecule has 0 aliphatic carbocycles. The van der Waals surface area contributed by atoms with Crippen molar-refractivity contribution >= 4 is 52.1 Å². The first-order valence-corrected chi connectivity index (χ1v) is 17.0. The van der Waals surface area contributed by atoms with E-state index in [2.05, 4.69) is 10.3 Å². The minimum Gasteiger partial charge on any atom is -0.361 e. The van der Waals surface area contributed by atoms with Crippen LogP contribution in [0.25, 0.3) is 10.9 Å². The highest BCUT2D eigenvalue weighted by Crippen LogP contribution is 2.55. The first-order valence-electron chi connectivity index (χ1n) is 15.8. The van der Waals surface area contributed by atoms with Crippen molar-refractivity contribution in [1.82, 2.24) is 25.0 Å². The van der Waals surface area contributed by atoms with Gasteiger partial charge in [-0.2, -0.15) is 0 Å². The lowest BCUT2D eigenvalue weighted by atomic mass is 9.90. The molecule has 0 radical (unpaired) electrons. The molecule has 1 aromatic heterocycles. The smallest absolute Gasteiger partial charge is 0.317 e. The van der Waals surface area contributed by atoms with Crippen LogP contribution in [0.1, 0.15) is 48.6 Å². The summed E-state index contributed by atoms with van der Waals surface area (Å²) in [6.45, 7) is 9.94. The molecule has 3 heterocycles. The number of fused-ring (bicyclic) bond motifs is 1. The lowest BCUT2D eigenvalue weighted by Crippen LogP contribution is -2.58. The Hall–Kier alpha value is -3.95. The van der Waals surface area contributed by atoms with Crippen LogP contribution in [-0.4, -0.2) is 74.5 Å². The maximum Gasteiger partial charge on any atom is 0.317 e. The Morgan fingerprint density at radius 3 is 2.24 bits per heavy atom. The Kier molecular flexibility index (Phi) is 9.08. The standard InChI is InChI=1S/C36H40ClN5O3S/c1-23(2)39-35(45)41-17-15-40(16-18-41)34(44)36(46-28-12-7-25(4)8-13-28)20-32(43)42(22-26-9-5-24(3)6-10-26)33(36)30-21-38-31-19-27(37)11-14-29(30)31/h5-14,19,21,23,33,38H,15-18,20,22H2,1-4H3,(H,39,45). The molecule has 4 amide bonds. The molecule has 0 spiro atoms. The summed E-state index contributed by atoms with van der Waals surface area (Å²) in [4.78, 5) is 51.9. The quantitative estimate of drug-likeness (QED) is 0.231. The maximum atomic E-state index is 15.1. The predicted molar refractivity (Wildman–Crippen MR) is 184 cm³/mol. The third kappa shape index (κ3) is 6.35. The van der Waals surface area contributed by atoms with E-state index >= 15 is 4.79 Å². The van der Waals surface area contributed by atoms with Crippen LogP contribution < -0.4 is 5.32 Å². The zero-order chi connectivity index (χ0) is 32.6. The maximum absolute atomic E-state index is 15.1. The fourth-order valence-corrected chi connectivity index (χ4v) is 8.16. The second-order valence-electron chi connectivity index (χ2n) is 12.7. The van der Waals surface area contributed by atoms with Crippen LogP contribution in [0.15, 0.2) is 77.8 Å². The number of piperazine rings is 1. The number of urea groups is 1. The molecule has 8 nitrogen and oxygen atoms in total. The number of halogens is 1. The summed E-state index contributed by atoms with van der Waals surface area (Å²) in [5.74, 6) is -0.160. The Balaban J connectivity index is 1.44. The van der Waals surface area contributed by atoms with E-state index in [1.54, 1.807) is 4.90 Å². The number of likely N-dealkylation sites (tertiary alicyclic amines) is 1. The zero-order valence-electron chi connectivity index (χ0n) is 26.7. The summed E-state index contributed by atoms with van der Waals surface area (Å²) < 4.78 is -1.16. The van der Waals surface area contributed by atoms with Gasteiger partial charge in [0.25, 0.3) is 0 Å². The average Bonchev–Trinajstić information content (AvgIpc) is 3.56. The number of aryl methyl sites for hydroxylation is 2. The molecule has 2 aliphatic heterocycles. The SMILES string of the molecule is Cc1ccc(CN2C(=O)CC(Sc3ccc(C)cc3)(C(=O)N3CCN(C(=O)NC(C)C)CC3)C2c2c[nH]c3cc(Cl)ccc23)cc1. The molecule has 2 aliphatic rings. The number of nitrogens with one attached hydrogen (secondary N) is 2. The molecule has 3 aromatic carbocycles. The first kappa shape index (κ1) is 32.0. The number of aromatic amines is 1. The molecule has 240 valence electrons. The Morgan fingerprint density at radius 2 is 1.59 bits per heavy atom. The summed E-state index contributed by atoms with van der Waals surface area (Å²) in [7, 11) is 0. The lowest BCUT2D eigenvalue weighted by Gasteiger charge is -2.42. The monoisotopic (exact) mass is 657 g/mol. The van der Waals surface area contributed by atoms with Gasteiger partial charge in [-0.3, -0.25) is 9.59 Å². The van der Waals surface area contributed by atoms with Crippen molar-refractivity contribution in [2.24, 2.45) is 0 Å². The van der Waals surface area contributed by atoms with Gasteiger partial charge in [-0.05, 0) is 57.5 Å². The second-order valence-corrected chi connectivity index (χ2v) is 14.5. The number of thioether (sulfide) groups is 1. The highest BCUT2D eigenvalue weighted by molar-refractivity contribution is 8.01. The minimum absolute atomic E-state index is 0.0252. The summed E-state index contributed by atoms with van der Waals surface area (Å²) in [5, 5.41) is 4.49. The number of hydrogen-bond donors (Lipinski definition) is 2. The van der Waals surface area contributed by atoms with Crippen LogP contribution in [0.4, 0.5) is 4.79 Å². The Morgan fingerprint density at radius 1 is 0.957 bits per heavy atom. The molecule has 0 bridgehead atoms. The molecule has 2 fully saturated rings. The molecular weight excluding hydrogens is 618 g/mol. The first-order chi connectivity index (χ1) is 22.0. The van der Waals surface area contributed by atoms with Gasteiger partial charge >= 0.3 is 6.03 Å². The topological polar surface area (TPSA) is 88.8 Å². The van der Waals surface area contributed by atoms with E-state index in [1.807, 2.05) is 110 Å². The number of nitrogens with zero attached hydrogens (tertiary/aromatic N) is 3. The summed E-state index contributed by atoms with van der Waals surface area (Å²) in [5.41, 5.74) is 4.99. The van der Waals surface area contributed by atoms with Gasteiger partial charge in [-0.15, -0.1) is 11.8 Å². The lowest BCUT2D eigenvalue weighted by molar-refractivity contribution is -0.136. The van der Waals surface area contributed by atoms with Crippen LogP contribution in [-0.2, 0) is 16.1 Å². The van der Waals surface area contributed by atoms with Gasteiger partial charge in [0.1, 0.15) is 4.75 Å². The molecule has 10 heteroatoms. The number of carbonyl (C=O) groups is 3. The number of amides is 4. The zero-order valence-corrected chi connectivity index (χ0v) is 28.3. The van der Waals surface area contributed by atoms with Gasteiger partial charge in [0.15, 0.2) is 0 Å². The van der Waals surface area contributed by atoms with Gasteiger partial charge in [0.05, 0.1) is 12.5 Å². The second kappa shape index (κ2) is 13.0. The van der Waals surface area contributed by atoms with Crippen LogP contribution >= 0.6 is 23.4 Å². The number of carbonyl (C=O) groups excluding carboxylic acids is 3. The third-order valence-corrected chi connectivity index (χ3v) is 10.5. The van der Waals surface area contributed by atoms with Gasteiger partial charge in [0.2, 0.25) is 11.8 Å². The molecule has 0 saturated carbocycles. The molecule has 6 rings (SSSR count). The van der Waals surface area contributed by atoms with Crippen molar-refractivity contribution < 1.29 is 14.4 Å². The van der Waals surface area contributed by atoms with Gasteiger partial charge in [-0.25, -0.2) is 4.79 Å². The van der Waals surface area contributed by atoms with E-state index < -0.39 is 10.8 Å². The molecule has 4 aromatic rings. The fraction of sp³-hybridized carbons (Fsp3) is 0.361. The number of H-pyrrole nitrogens is 1. The number of hydrogen-bond acceptors (Lipinski definition) is 4. The van der Waals surface area contributed by atoms with Crippen LogP contribution in [0.3, 0.4) is 0 Å². The van der Waals surface area contributed by atoms with E-state index in [4.69, 9.17) is 11.6 Å². The van der Waals surface area contributed by atoms with Crippen molar-refractivity contribution in [2.75, 3.05) is 26.2 Å². The van der Waals surface area contributed by atoms with Gasteiger partial charge < -0.3 is 25.0 Å². The third-order valence-electron chi connectivity index (χ3n) is 8.88. The highest BCUT2D eigenvalue weighted by Gasteiger charge is 2.59. The number of rotatable bonds is 7. The summed E-state index contributed by atoms with van der Waals surface area (Å²) >= 11 is 7.84. The van der Waals surface area contributed by atoms with Crippen molar-refractivity contribution in [3.63, 3.8) is 0 Å². The Labute approximate surface area is 279 Å². The molecular formula is C36H40ClN5O3S. The van der Waals surface area contributed by atoms with Crippen LogP contribution in [0, 0.1) is 13.8 Å². The van der Waals surface area contributed by atoms with E-state index in [0.717, 1.165) is 38.1 Å². The Bertz CT molecular complexity index is 1750. The van der Waals surface area contributed by atoms with E-state index in [-0.39, 0.29) is 30.3 Å². The predicted octanol–water partition coefficient (Wildman–Crippen LogP) is 6.71. The van der Waals surface area contributed by atoms with Crippen LogP contribution in [0.2, 0.25) is 5.02 Å². The van der Waals surface area contributed by atoms with Crippen molar-refractivity contribution in [2.45, 2.75) is 62.4 Å². The van der Waals surface area contributed by atoms with Crippen molar-refractivity contribution in [3.8, 4) is 0 Å².